The minimum absolute atomic E-state index is 0.00172. The van der Waals surface area contributed by atoms with Crippen molar-refractivity contribution in [1.29, 1.82) is 0 Å². The van der Waals surface area contributed by atoms with Gasteiger partial charge in [-0.2, -0.15) is 0 Å². The molecule has 150 valence electrons. The Hall–Kier alpha value is -3.57. The fourth-order valence-corrected chi connectivity index (χ4v) is 4.72. The maximum absolute atomic E-state index is 13.6. The molecular weight excluding hydrogens is 408 g/mol. The van der Waals surface area contributed by atoms with Crippen molar-refractivity contribution in [3.8, 4) is 11.1 Å². The average molecular weight is 425 g/mol. The van der Waals surface area contributed by atoms with Gasteiger partial charge in [0.2, 0.25) is 0 Å². The second-order valence-electron chi connectivity index (χ2n) is 7.88. The number of fused-ring (bicyclic) bond motifs is 2. The van der Waals surface area contributed by atoms with E-state index < -0.39 is 0 Å². The van der Waals surface area contributed by atoms with Gasteiger partial charge in [-0.15, -0.1) is 0 Å². The fourth-order valence-electron chi connectivity index (χ4n) is 4.41. The number of hydrogen-bond acceptors (Lipinski definition) is 4. The van der Waals surface area contributed by atoms with E-state index in [0.29, 0.717) is 10.5 Å². The number of para-hydroxylation sites is 1. The van der Waals surface area contributed by atoms with Gasteiger partial charge in [-0.05, 0) is 35.6 Å². The van der Waals surface area contributed by atoms with Gasteiger partial charge < -0.3 is 0 Å². The standard InChI is InChI=1S/C25H17ClN4O/c26-23-10-16-5-3-6-18(17-12-27-14-28-13-17)24(16)25(31)30(23)22-11-19(22)21-9-8-15-4-1-2-7-20(15)29-21/h1-10,12-14,19,22H,11H2. The van der Waals surface area contributed by atoms with Gasteiger partial charge in [-0.3, -0.25) is 14.3 Å². The Morgan fingerprint density at radius 2 is 1.74 bits per heavy atom. The van der Waals surface area contributed by atoms with E-state index in [2.05, 4.69) is 28.2 Å². The minimum Gasteiger partial charge on any atom is -0.295 e. The van der Waals surface area contributed by atoms with Crippen LogP contribution in [0.25, 0.3) is 32.8 Å². The SMILES string of the molecule is O=c1c2c(-c3cncnc3)cccc2cc(Cl)n1C1CC1c1ccc2ccccc2n1. The summed E-state index contributed by atoms with van der Waals surface area (Å²) in [4.78, 5) is 26.7. The zero-order valence-corrected chi connectivity index (χ0v) is 17.2. The molecule has 3 aromatic heterocycles. The monoisotopic (exact) mass is 424 g/mol. The van der Waals surface area contributed by atoms with Crippen molar-refractivity contribution in [2.75, 3.05) is 0 Å². The maximum Gasteiger partial charge on any atom is 0.260 e. The topological polar surface area (TPSA) is 60.7 Å². The second kappa shape index (κ2) is 7.00. The molecule has 2 atom stereocenters. The Kier molecular flexibility index (Phi) is 4.11. The summed E-state index contributed by atoms with van der Waals surface area (Å²) in [5.41, 5.74) is 3.50. The molecule has 0 spiro atoms. The molecule has 0 N–H and O–H groups in total. The zero-order valence-electron chi connectivity index (χ0n) is 16.4. The van der Waals surface area contributed by atoms with Crippen molar-refractivity contribution >= 4 is 33.3 Å². The van der Waals surface area contributed by atoms with Crippen LogP contribution in [0.4, 0.5) is 0 Å². The third-order valence-electron chi connectivity index (χ3n) is 5.99. The molecule has 0 saturated heterocycles. The zero-order chi connectivity index (χ0) is 20.9. The fraction of sp³-hybridized carbons (Fsp3) is 0.120. The van der Waals surface area contributed by atoms with E-state index in [4.69, 9.17) is 16.6 Å². The first-order valence-corrected chi connectivity index (χ1v) is 10.5. The van der Waals surface area contributed by atoms with E-state index in [-0.39, 0.29) is 17.5 Å². The van der Waals surface area contributed by atoms with Crippen LogP contribution < -0.4 is 5.56 Å². The summed E-state index contributed by atoms with van der Waals surface area (Å²) in [6.07, 6.45) is 5.76. The first kappa shape index (κ1) is 18.2. The highest BCUT2D eigenvalue weighted by Gasteiger charge is 2.42. The summed E-state index contributed by atoms with van der Waals surface area (Å²) in [7, 11) is 0. The molecule has 0 radical (unpaired) electrons. The van der Waals surface area contributed by atoms with E-state index in [1.165, 1.54) is 6.33 Å². The number of rotatable bonds is 3. The molecule has 3 heterocycles. The van der Waals surface area contributed by atoms with Crippen LogP contribution in [-0.2, 0) is 0 Å². The first-order chi connectivity index (χ1) is 15.2. The maximum atomic E-state index is 13.6. The number of halogens is 1. The van der Waals surface area contributed by atoms with Gasteiger partial charge in [0.15, 0.2) is 0 Å². The Morgan fingerprint density at radius 1 is 0.935 bits per heavy atom. The van der Waals surface area contributed by atoms with Crippen molar-refractivity contribution in [2.24, 2.45) is 0 Å². The summed E-state index contributed by atoms with van der Waals surface area (Å²) in [5.74, 6) is 0.171. The molecule has 6 heteroatoms. The van der Waals surface area contributed by atoms with Crippen molar-refractivity contribution in [3.63, 3.8) is 0 Å². The number of nitrogens with zero attached hydrogens (tertiary/aromatic N) is 4. The summed E-state index contributed by atoms with van der Waals surface area (Å²) in [6.45, 7) is 0. The van der Waals surface area contributed by atoms with E-state index in [9.17, 15) is 4.79 Å². The summed E-state index contributed by atoms with van der Waals surface area (Å²) in [6, 6.07) is 19.8. The van der Waals surface area contributed by atoms with E-state index in [1.807, 2.05) is 42.5 Å². The largest absolute Gasteiger partial charge is 0.295 e. The molecule has 5 nitrogen and oxygen atoms in total. The van der Waals surface area contributed by atoms with Crippen LogP contribution in [-0.4, -0.2) is 19.5 Å². The van der Waals surface area contributed by atoms with Crippen LogP contribution in [0.5, 0.6) is 0 Å². The normalized spacial score (nSPS) is 17.8. The predicted molar refractivity (Wildman–Crippen MR) is 122 cm³/mol. The third-order valence-corrected chi connectivity index (χ3v) is 6.29. The molecule has 0 amide bonds. The van der Waals surface area contributed by atoms with Crippen LogP contribution >= 0.6 is 11.6 Å². The summed E-state index contributed by atoms with van der Waals surface area (Å²) < 4.78 is 1.72. The average Bonchev–Trinajstić information content (AvgIpc) is 3.59. The van der Waals surface area contributed by atoms with Gasteiger partial charge in [0.05, 0.1) is 10.9 Å². The summed E-state index contributed by atoms with van der Waals surface area (Å²) >= 11 is 6.61. The number of benzene rings is 2. The lowest BCUT2D eigenvalue weighted by Gasteiger charge is -2.13. The number of hydrogen-bond donors (Lipinski definition) is 0. The molecule has 5 aromatic rings. The quantitative estimate of drug-likeness (QED) is 0.364. The van der Waals surface area contributed by atoms with Crippen LogP contribution in [0, 0.1) is 0 Å². The van der Waals surface area contributed by atoms with E-state index >= 15 is 0 Å². The molecule has 6 rings (SSSR count). The van der Waals surface area contributed by atoms with Crippen LogP contribution in [0.2, 0.25) is 5.15 Å². The third kappa shape index (κ3) is 3.01. The Morgan fingerprint density at radius 3 is 2.61 bits per heavy atom. The highest BCUT2D eigenvalue weighted by molar-refractivity contribution is 6.30. The smallest absolute Gasteiger partial charge is 0.260 e. The predicted octanol–water partition coefficient (Wildman–Crippen LogP) is 5.39. The Bertz CT molecular complexity index is 1510. The van der Waals surface area contributed by atoms with Gasteiger partial charge in [0.25, 0.3) is 5.56 Å². The van der Waals surface area contributed by atoms with Crippen LogP contribution in [0.3, 0.4) is 0 Å². The summed E-state index contributed by atoms with van der Waals surface area (Å²) in [5, 5.41) is 3.01. The van der Waals surface area contributed by atoms with Crippen molar-refractivity contribution in [1.82, 2.24) is 19.5 Å². The van der Waals surface area contributed by atoms with Gasteiger partial charge in [0.1, 0.15) is 11.5 Å². The highest BCUT2D eigenvalue weighted by atomic mass is 35.5. The first-order valence-electron chi connectivity index (χ1n) is 10.2. The van der Waals surface area contributed by atoms with Gasteiger partial charge in [0, 0.05) is 41.0 Å². The molecule has 1 aliphatic rings. The molecule has 1 fully saturated rings. The van der Waals surface area contributed by atoms with Crippen molar-refractivity contribution in [3.05, 3.63) is 101 Å². The second-order valence-corrected chi connectivity index (χ2v) is 8.26. The van der Waals surface area contributed by atoms with Crippen LogP contribution in [0.1, 0.15) is 24.1 Å². The van der Waals surface area contributed by atoms with Gasteiger partial charge in [-0.25, -0.2) is 9.97 Å². The molecular formula is C25H17ClN4O. The van der Waals surface area contributed by atoms with Gasteiger partial charge in [-0.1, -0.05) is 54.1 Å². The molecule has 2 aromatic carbocycles. The van der Waals surface area contributed by atoms with Crippen molar-refractivity contribution < 1.29 is 0 Å². The lowest BCUT2D eigenvalue weighted by molar-refractivity contribution is 0.689. The molecule has 31 heavy (non-hydrogen) atoms. The van der Waals surface area contributed by atoms with Crippen LogP contribution in [0.15, 0.2) is 84.2 Å². The number of pyridine rings is 2. The number of aromatic nitrogens is 4. The molecule has 1 aliphatic carbocycles. The Labute approximate surface area is 183 Å². The van der Waals surface area contributed by atoms with Gasteiger partial charge >= 0.3 is 0 Å². The lowest BCUT2D eigenvalue weighted by Crippen LogP contribution is -2.21. The molecule has 1 saturated carbocycles. The molecule has 0 bridgehead atoms. The Balaban J connectivity index is 1.47. The molecule has 0 aliphatic heterocycles. The highest BCUT2D eigenvalue weighted by Crippen LogP contribution is 2.51. The van der Waals surface area contributed by atoms with E-state index in [0.717, 1.165) is 39.5 Å². The van der Waals surface area contributed by atoms with E-state index in [1.54, 1.807) is 17.0 Å². The van der Waals surface area contributed by atoms with Crippen molar-refractivity contribution in [2.45, 2.75) is 18.4 Å². The molecule has 2 unspecified atom stereocenters. The lowest BCUT2D eigenvalue weighted by atomic mass is 10.0. The minimum atomic E-state index is -0.0877.